The monoisotopic (exact) mass is 407 g/mol. The number of rotatable bonds is 3. The first-order valence-corrected chi connectivity index (χ1v) is 10.2. The molecule has 3 heteroatoms. The third-order valence-corrected chi connectivity index (χ3v) is 5.54. The van der Waals surface area contributed by atoms with Gasteiger partial charge in [0.25, 0.3) is 5.56 Å². The lowest BCUT2D eigenvalue weighted by molar-refractivity contribution is 1.02. The number of hydrogen-bond donors (Lipinski definition) is 0. The van der Waals surface area contributed by atoms with Crippen LogP contribution in [0.5, 0.6) is 0 Å². The first-order valence-electron chi connectivity index (χ1n) is 9.78. The van der Waals surface area contributed by atoms with Crippen molar-refractivity contribution in [1.82, 2.24) is 4.57 Å². The zero-order valence-electron chi connectivity index (χ0n) is 16.1. The second-order valence-corrected chi connectivity index (χ2v) is 7.55. The molecule has 0 fully saturated rings. The van der Waals surface area contributed by atoms with E-state index in [0.29, 0.717) is 10.4 Å². The summed E-state index contributed by atoms with van der Waals surface area (Å²) in [6.07, 6.45) is 0. The predicted molar refractivity (Wildman–Crippen MR) is 125 cm³/mol. The van der Waals surface area contributed by atoms with E-state index in [1.807, 2.05) is 97.1 Å². The van der Waals surface area contributed by atoms with E-state index in [-0.39, 0.29) is 5.56 Å². The molecule has 5 rings (SSSR count). The van der Waals surface area contributed by atoms with E-state index in [1.165, 1.54) is 0 Å². The van der Waals surface area contributed by atoms with Gasteiger partial charge in [0.15, 0.2) is 0 Å². The summed E-state index contributed by atoms with van der Waals surface area (Å²) in [5.41, 5.74) is 4.68. The minimum atomic E-state index is -0.0496. The average molecular weight is 408 g/mol. The highest BCUT2D eigenvalue weighted by Crippen LogP contribution is 2.37. The number of aromatic nitrogens is 1. The molecule has 0 N–H and O–H groups in total. The van der Waals surface area contributed by atoms with Crippen molar-refractivity contribution in [2.24, 2.45) is 0 Å². The van der Waals surface area contributed by atoms with E-state index in [0.717, 1.165) is 33.5 Å². The molecular weight excluding hydrogens is 390 g/mol. The molecule has 0 aliphatic heterocycles. The summed E-state index contributed by atoms with van der Waals surface area (Å²) in [6, 6.07) is 35.5. The van der Waals surface area contributed by atoms with E-state index in [2.05, 4.69) is 12.1 Å². The van der Waals surface area contributed by atoms with Gasteiger partial charge in [0.05, 0.1) is 5.69 Å². The number of pyridine rings is 1. The van der Waals surface area contributed by atoms with E-state index >= 15 is 0 Å². The van der Waals surface area contributed by atoms with Crippen molar-refractivity contribution in [1.29, 1.82) is 0 Å². The lowest BCUT2D eigenvalue weighted by atomic mass is 9.93. The topological polar surface area (TPSA) is 22.0 Å². The lowest BCUT2D eigenvalue weighted by Crippen LogP contribution is -2.21. The Morgan fingerprint density at radius 2 is 1.10 bits per heavy atom. The van der Waals surface area contributed by atoms with Crippen LogP contribution < -0.4 is 5.56 Å². The van der Waals surface area contributed by atoms with Gasteiger partial charge >= 0.3 is 0 Å². The fraction of sp³-hybridized carbons (Fsp3) is 0. The average Bonchev–Trinajstić information content (AvgIpc) is 2.81. The van der Waals surface area contributed by atoms with Crippen LogP contribution in [0.15, 0.2) is 114 Å². The van der Waals surface area contributed by atoms with Gasteiger partial charge in [-0.2, -0.15) is 0 Å². The molecule has 4 aromatic carbocycles. The minimum absolute atomic E-state index is 0.0496. The van der Waals surface area contributed by atoms with Gasteiger partial charge in [0, 0.05) is 21.7 Å². The Labute approximate surface area is 179 Å². The summed E-state index contributed by atoms with van der Waals surface area (Å²) in [7, 11) is 0. The molecule has 0 bridgehead atoms. The van der Waals surface area contributed by atoms with Crippen molar-refractivity contribution in [3.63, 3.8) is 0 Å². The molecule has 0 saturated heterocycles. The zero-order valence-corrected chi connectivity index (χ0v) is 16.9. The smallest absolute Gasteiger partial charge is 0.263 e. The minimum Gasteiger partial charge on any atom is -0.276 e. The Hall–Kier alpha value is -3.62. The molecule has 0 saturated carbocycles. The van der Waals surface area contributed by atoms with Crippen LogP contribution in [-0.4, -0.2) is 4.57 Å². The second kappa shape index (κ2) is 7.66. The molecule has 0 atom stereocenters. The van der Waals surface area contributed by atoms with E-state index < -0.39 is 0 Å². The molecule has 0 spiro atoms. The SMILES string of the molecule is O=c1c2ccccc2c(-c2ccccc2)c(-c2ccccc2)n1-c1ccc(Cl)cc1. The Morgan fingerprint density at radius 1 is 0.567 bits per heavy atom. The molecular formula is C27H18ClNO. The molecule has 0 aliphatic carbocycles. The largest absolute Gasteiger partial charge is 0.276 e. The van der Waals surface area contributed by atoms with Gasteiger partial charge in [-0.15, -0.1) is 0 Å². The number of benzene rings is 4. The summed E-state index contributed by atoms with van der Waals surface area (Å²) in [6.45, 7) is 0. The van der Waals surface area contributed by atoms with Crippen molar-refractivity contribution in [3.8, 4) is 28.1 Å². The van der Waals surface area contributed by atoms with Crippen LogP contribution >= 0.6 is 11.6 Å². The van der Waals surface area contributed by atoms with E-state index in [9.17, 15) is 4.79 Å². The van der Waals surface area contributed by atoms with Crippen LogP contribution in [0.3, 0.4) is 0 Å². The quantitative estimate of drug-likeness (QED) is 0.316. The van der Waals surface area contributed by atoms with Crippen LogP contribution in [0.1, 0.15) is 0 Å². The molecule has 30 heavy (non-hydrogen) atoms. The van der Waals surface area contributed by atoms with Gasteiger partial charge in [0.2, 0.25) is 0 Å². The number of hydrogen-bond acceptors (Lipinski definition) is 1. The van der Waals surface area contributed by atoms with Gasteiger partial charge in [-0.1, -0.05) is 90.5 Å². The second-order valence-electron chi connectivity index (χ2n) is 7.12. The maximum absolute atomic E-state index is 13.7. The van der Waals surface area contributed by atoms with Crippen molar-refractivity contribution in [2.75, 3.05) is 0 Å². The molecule has 0 radical (unpaired) electrons. The van der Waals surface area contributed by atoms with Crippen LogP contribution in [-0.2, 0) is 0 Å². The summed E-state index contributed by atoms with van der Waals surface area (Å²) in [5, 5.41) is 2.26. The molecule has 0 unspecified atom stereocenters. The Bertz CT molecular complexity index is 1390. The highest BCUT2D eigenvalue weighted by atomic mass is 35.5. The van der Waals surface area contributed by atoms with Crippen molar-refractivity contribution < 1.29 is 0 Å². The van der Waals surface area contributed by atoms with Crippen molar-refractivity contribution in [3.05, 3.63) is 125 Å². The van der Waals surface area contributed by atoms with Crippen LogP contribution in [0.4, 0.5) is 0 Å². The van der Waals surface area contributed by atoms with E-state index in [4.69, 9.17) is 11.6 Å². The molecule has 2 nitrogen and oxygen atoms in total. The normalized spacial score (nSPS) is 11.0. The fourth-order valence-electron chi connectivity index (χ4n) is 3.95. The third kappa shape index (κ3) is 3.12. The molecule has 0 aliphatic rings. The van der Waals surface area contributed by atoms with Gasteiger partial charge in [-0.05, 0) is 46.8 Å². The maximum Gasteiger partial charge on any atom is 0.263 e. The zero-order chi connectivity index (χ0) is 20.5. The van der Waals surface area contributed by atoms with Gasteiger partial charge in [-0.25, -0.2) is 0 Å². The predicted octanol–water partition coefficient (Wildman–Crippen LogP) is 6.98. The number of halogens is 1. The molecule has 144 valence electrons. The summed E-state index contributed by atoms with van der Waals surface area (Å²) in [5.74, 6) is 0. The van der Waals surface area contributed by atoms with Gasteiger partial charge in [-0.3, -0.25) is 9.36 Å². The highest BCUT2D eigenvalue weighted by Gasteiger charge is 2.20. The summed E-state index contributed by atoms with van der Waals surface area (Å²) in [4.78, 5) is 13.7. The first-order chi connectivity index (χ1) is 14.7. The Morgan fingerprint density at radius 3 is 1.73 bits per heavy atom. The molecule has 1 aromatic heterocycles. The van der Waals surface area contributed by atoms with Crippen LogP contribution in [0, 0.1) is 0 Å². The third-order valence-electron chi connectivity index (χ3n) is 5.28. The number of fused-ring (bicyclic) bond motifs is 1. The van der Waals surface area contributed by atoms with Crippen LogP contribution in [0.25, 0.3) is 38.8 Å². The Kier molecular flexibility index (Phi) is 4.70. The van der Waals surface area contributed by atoms with Crippen LogP contribution in [0.2, 0.25) is 5.02 Å². The number of nitrogens with zero attached hydrogens (tertiary/aromatic N) is 1. The standard InChI is InChI=1S/C27H18ClNO/c28-21-15-17-22(18-16-21)29-26(20-11-5-2-6-12-20)25(19-9-3-1-4-10-19)23-13-7-8-14-24(23)27(29)30/h1-18H. The Balaban J connectivity index is 2.02. The maximum atomic E-state index is 13.7. The van der Waals surface area contributed by atoms with Crippen molar-refractivity contribution >= 4 is 22.4 Å². The summed E-state index contributed by atoms with van der Waals surface area (Å²) >= 11 is 6.13. The first kappa shape index (κ1) is 18.4. The van der Waals surface area contributed by atoms with E-state index in [1.54, 1.807) is 4.57 Å². The van der Waals surface area contributed by atoms with Crippen molar-refractivity contribution in [2.45, 2.75) is 0 Å². The van der Waals surface area contributed by atoms with Gasteiger partial charge < -0.3 is 0 Å². The molecule has 1 heterocycles. The lowest BCUT2D eigenvalue weighted by Gasteiger charge is -2.20. The summed E-state index contributed by atoms with van der Waals surface area (Å²) < 4.78 is 1.80. The highest BCUT2D eigenvalue weighted by molar-refractivity contribution is 6.30. The van der Waals surface area contributed by atoms with Gasteiger partial charge in [0.1, 0.15) is 0 Å². The molecule has 5 aromatic rings. The fourth-order valence-corrected chi connectivity index (χ4v) is 4.08. The molecule has 0 amide bonds.